The summed E-state index contributed by atoms with van der Waals surface area (Å²) in [5, 5.41) is 3.33. The standard InChI is InChI=1S/C23H25N3O4/c1-15(2)17-9-6-7-16(3)22(17)25-20(27)13-30-21(28)11-12-26-14-24-19-10-5-4-8-18(19)23(26)29/h4-10,14-15H,11-13H2,1-3H3,(H,25,27). The molecule has 0 aliphatic heterocycles. The Bertz CT molecular complexity index is 1130. The number of fused-ring (bicyclic) bond motifs is 1. The number of aryl methyl sites for hydroxylation is 2. The van der Waals surface area contributed by atoms with E-state index in [0.29, 0.717) is 10.9 Å². The van der Waals surface area contributed by atoms with Gasteiger partial charge in [0.05, 0.1) is 23.7 Å². The average Bonchev–Trinajstić information content (AvgIpc) is 2.73. The molecule has 1 amide bonds. The number of anilines is 1. The summed E-state index contributed by atoms with van der Waals surface area (Å²) in [4.78, 5) is 41.0. The molecule has 0 saturated heterocycles. The second-order valence-corrected chi connectivity index (χ2v) is 7.41. The van der Waals surface area contributed by atoms with Gasteiger partial charge in [0.2, 0.25) is 0 Å². The van der Waals surface area contributed by atoms with Gasteiger partial charge in [-0.25, -0.2) is 4.98 Å². The molecular formula is C23H25N3O4. The van der Waals surface area contributed by atoms with Gasteiger partial charge in [-0.3, -0.25) is 19.0 Å². The number of rotatable bonds is 7. The molecule has 3 rings (SSSR count). The smallest absolute Gasteiger partial charge is 0.308 e. The predicted molar refractivity (Wildman–Crippen MR) is 115 cm³/mol. The first kappa shape index (κ1) is 21.2. The van der Waals surface area contributed by atoms with Gasteiger partial charge < -0.3 is 10.1 Å². The molecule has 7 nitrogen and oxygen atoms in total. The minimum atomic E-state index is -0.556. The van der Waals surface area contributed by atoms with Crippen LogP contribution < -0.4 is 10.9 Å². The molecule has 0 fully saturated rings. The third-order valence-electron chi connectivity index (χ3n) is 4.84. The van der Waals surface area contributed by atoms with Crippen LogP contribution in [0.1, 0.15) is 37.3 Å². The maximum atomic E-state index is 12.4. The highest BCUT2D eigenvalue weighted by Gasteiger charge is 2.14. The van der Waals surface area contributed by atoms with Crippen molar-refractivity contribution in [1.29, 1.82) is 0 Å². The van der Waals surface area contributed by atoms with E-state index in [1.54, 1.807) is 18.2 Å². The van der Waals surface area contributed by atoms with Crippen molar-refractivity contribution in [2.45, 2.75) is 39.7 Å². The van der Waals surface area contributed by atoms with Gasteiger partial charge in [0.15, 0.2) is 6.61 Å². The number of nitrogens with one attached hydrogen (secondary N) is 1. The fraction of sp³-hybridized carbons (Fsp3) is 0.304. The number of carbonyl (C=O) groups excluding carboxylic acids is 2. The third-order valence-corrected chi connectivity index (χ3v) is 4.84. The summed E-state index contributed by atoms with van der Waals surface area (Å²) in [5.74, 6) is -0.709. The highest BCUT2D eigenvalue weighted by Crippen LogP contribution is 2.27. The van der Waals surface area contributed by atoms with Crippen LogP contribution in [0.25, 0.3) is 10.9 Å². The van der Waals surface area contributed by atoms with Crippen LogP contribution in [0.5, 0.6) is 0 Å². The van der Waals surface area contributed by atoms with Crippen LogP contribution in [-0.4, -0.2) is 28.0 Å². The lowest BCUT2D eigenvalue weighted by atomic mass is 9.98. The Hall–Kier alpha value is -3.48. The molecule has 0 radical (unpaired) electrons. The summed E-state index contributed by atoms with van der Waals surface area (Å²) in [7, 11) is 0. The molecule has 0 unspecified atom stereocenters. The zero-order chi connectivity index (χ0) is 21.7. The Labute approximate surface area is 174 Å². The summed E-state index contributed by atoms with van der Waals surface area (Å²) < 4.78 is 6.45. The molecule has 156 valence electrons. The molecule has 0 saturated carbocycles. The zero-order valence-electron chi connectivity index (χ0n) is 17.3. The fourth-order valence-electron chi connectivity index (χ4n) is 3.21. The van der Waals surface area contributed by atoms with Gasteiger partial charge in [0.1, 0.15) is 0 Å². The number of carbonyl (C=O) groups is 2. The summed E-state index contributed by atoms with van der Waals surface area (Å²) in [6, 6.07) is 12.9. The molecule has 3 aromatic rings. The van der Waals surface area contributed by atoms with Crippen molar-refractivity contribution in [1.82, 2.24) is 9.55 Å². The Morgan fingerprint density at radius 1 is 1.13 bits per heavy atom. The highest BCUT2D eigenvalue weighted by atomic mass is 16.5. The van der Waals surface area contributed by atoms with Crippen molar-refractivity contribution in [3.05, 3.63) is 70.3 Å². The molecule has 7 heteroatoms. The number of amides is 1. The number of hydrogen-bond acceptors (Lipinski definition) is 5. The van der Waals surface area contributed by atoms with Gasteiger partial charge in [0, 0.05) is 12.2 Å². The predicted octanol–water partition coefficient (Wildman–Crippen LogP) is 3.40. The first-order valence-corrected chi connectivity index (χ1v) is 9.86. The Morgan fingerprint density at radius 3 is 2.67 bits per heavy atom. The van der Waals surface area contributed by atoms with Crippen LogP contribution in [-0.2, 0) is 20.9 Å². The van der Waals surface area contributed by atoms with Crippen molar-refractivity contribution in [2.75, 3.05) is 11.9 Å². The molecule has 0 aliphatic carbocycles. The largest absolute Gasteiger partial charge is 0.456 e. The van der Waals surface area contributed by atoms with Crippen LogP contribution >= 0.6 is 0 Å². The lowest BCUT2D eigenvalue weighted by molar-refractivity contribution is -0.147. The van der Waals surface area contributed by atoms with E-state index < -0.39 is 11.9 Å². The monoisotopic (exact) mass is 407 g/mol. The van der Waals surface area contributed by atoms with E-state index >= 15 is 0 Å². The quantitative estimate of drug-likeness (QED) is 0.606. The van der Waals surface area contributed by atoms with E-state index in [0.717, 1.165) is 16.8 Å². The number of para-hydroxylation sites is 2. The number of esters is 1. The van der Waals surface area contributed by atoms with E-state index in [-0.39, 0.29) is 31.0 Å². The SMILES string of the molecule is Cc1cccc(C(C)C)c1NC(=O)COC(=O)CCn1cnc2ccccc2c1=O. The number of nitrogens with zero attached hydrogens (tertiary/aromatic N) is 2. The topological polar surface area (TPSA) is 90.3 Å². The lowest BCUT2D eigenvalue weighted by Crippen LogP contribution is -2.25. The fourth-order valence-corrected chi connectivity index (χ4v) is 3.21. The van der Waals surface area contributed by atoms with Gasteiger partial charge in [-0.1, -0.05) is 44.2 Å². The summed E-state index contributed by atoms with van der Waals surface area (Å²) >= 11 is 0. The molecule has 0 bridgehead atoms. The third kappa shape index (κ3) is 4.92. The van der Waals surface area contributed by atoms with E-state index in [2.05, 4.69) is 10.3 Å². The van der Waals surface area contributed by atoms with E-state index in [4.69, 9.17) is 4.74 Å². The molecule has 2 aromatic carbocycles. The van der Waals surface area contributed by atoms with Crippen LogP contribution in [0.2, 0.25) is 0 Å². The Kier molecular flexibility index (Phi) is 6.61. The molecule has 1 aromatic heterocycles. The second kappa shape index (κ2) is 9.35. The molecular weight excluding hydrogens is 382 g/mol. The summed E-state index contributed by atoms with van der Waals surface area (Å²) in [6.45, 7) is 5.77. The maximum Gasteiger partial charge on any atom is 0.308 e. The molecule has 0 atom stereocenters. The van der Waals surface area contributed by atoms with E-state index in [1.165, 1.54) is 10.9 Å². The van der Waals surface area contributed by atoms with Gasteiger partial charge in [-0.05, 0) is 36.1 Å². The maximum absolute atomic E-state index is 12.4. The Morgan fingerprint density at radius 2 is 1.90 bits per heavy atom. The van der Waals surface area contributed by atoms with Crippen LogP contribution in [0.3, 0.4) is 0 Å². The van der Waals surface area contributed by atoms with Crippen LogP contribution in [0, 0.1) is 6.92 Å². The van der Waals surface area contributed by atoms with Crippen molar-refractivity contribution in [3.63, 3.8) is 0 Å². The number of benzene rings is 2. The Balaban J connectivity index is 1.55. The molecule has 1 heterocycles. The number of ether oxygens (including phenoxy) is 1. The molecule has 0 aliphatic rings. The highest BCUT2D eigenvalue weighted by molar-refractivity contribution is 5.94. The minimum Gasteiger partial charge on any atom is -0.456 e. The number of hydrogen-bond donors (Lipinski definition) is 1. The van der Waals surface area contributed by atoms with Crippen LogP contribution in [0.4, 0.5) is 5.69 Å². The van der Waals surface area contributed by atoms with Crippen molar-refractivity contribution < 1.29 is 14.3 Å². The van der Waals surface area contributed by atoms with Crippen molar-refractivity contribution in [3.8, 4) is 0 Å². The number of aromatic nitrogens is 2. The van der Waals surface area contributed by atoms with Crippen molar-refractivity contribution >= 4 is 28.5 Å². The first-order chi connectivity index (χ1) is 14.4. The summed E-state index contributed by atoms with van der Waals surface area (Å²) in [5.41, 5.74) is 3.12. The summed E-state index contributed by atoms with van der Waals surface area (Å²) in [6.07, 6.45) is 1.38. The van der Waals surface area contributed by atoms with Gasteiger partial charge in [0.25, 0.3) is 11.5 Å². The normalized spacial score (nSPS) is 10.9. The van der Waals surface area contributed by atoms with Crippen LogP contribution in [0.15, 0.2) is 53.6 Å². The zero-order valence-corrected chi connectivity index (χ0v) is 17.3. The first-order valence-electron chi connectivity index (χ1n) is 9.86. The van der Waals surface area contributed by atoms with Gasteiger partial charge in [-0.15, -0.1) is 0 Å². The van der Waals surface area contributed by atoms with Gasteiger partial charge in [-0.2, -0.15) is 0 Å². The molecule has 0 spiro atoms. The van der Waals surface area contributed by atoms with E-state index in [1.807, 2.05) is 45.0 Å². The molecule has 1 N–H and O–H groups in total. The minimum absolute atomic E-state index is 0.0329. The second-order valence-electron chi connectivity index (χ2n) is 7.41. The van der Waals surface area contributed by atoms with Gasteiger partial charge >= 0.3 is 5.97 Å². The molecule has 30 heavy (non-hydrogen) atoms. The van der Waals surface area contributed by atoms with Crippen molar-refractivity contribution in [2.24, 2.45) is 0 Å². The van der Waals surface area contributed by atoms with E-state index in [9.17, 15) is 14.4 Å². The average molecular weight is 407 g/mol. The lowest BCUT2D eigenvalue weighted by Gasteiger charge is -2.16.